The van der Waals surface area contributed by atoms with Crippen molar-refractivity contribution in [1.29, 1.82) is 0 Å². The Labute approximate surface area is 123 Å². The molecular weight excluding hydrogens is 286 g/mol. The average Bonchev–Trinajstić information content (AvgIpc) is 3.10. The molecule has 3 aromatic heterocycles. The Morgan fingerprint density at radius 1 is 1.33 bits per heavy atom. The Morgan fingerprint density at radius 2 is 2.19 bits per heavy atom. The molecule has 21 heavy (non-hydrogen) atoms. The van der Waals surface area contributed by atoms with Crippen LogP contribution in [0.15, 0.2) is 34.6 Å². The molecule has 0 fully saturated rings. The predicted octanol–water partition coefficient (Wildman–Crippen LogP) is 2.49. The highest BCUT2D eigenvalue weighted by Crippen LogP contribution is 2.19. The minimum absolute atomic E-state index is 0.186. The molecule has 0 atom stereocenters. The van der Waals surface area contributed by atoms with Gasteiger partial charge in [-0.2, -0.15) is 0 Å². The van der Waals surface area contributed by atoms with Gasteiger partial charge in [0.1, 0.15) is 0 Å². The lowest BCUT2D eigenvalue weighted by Gasteiger charge is -2.06. The van der Waals surface area contributed by atoms with Gasteiger partial charge in [-0.3, -0.25) is 4.40 Å². The van der Waals surface area contributed by atoms with E-state index < -0.39 is 0 Å². The van der Waals surface area contributed by atoms with E-state index in [0.717, 1.165) is 33.1 Å². The summed E-state index contributed by atoms with van der Waals surface area (Å²) in [6.45, 7) is 2.70. The molecule has 0 saturated heterocycles. The fourth-order valence-electron chi connectivity index (χ4n) is 2.48. The first-order valence-corrected chi connectivity index (χ1v) is 7.45. The van der Waals surface area contributed by atoms with Crippen LogP contribution in [0.25, 0.3) is 16.0 Å². The maximum absolute atomic E-state index is 11.3. The first kappa shape index (κ1) is 12.2. The quantitative estimate of drug-likeness (QED) is 0.544. The molecule has 4 rings (SSSR count). The summed E-state index contributed by atoms with van der Waals surface area (Å²) >= 11 is 1.63. The Hall–Kier alpha value is -2.54. The van der Waals surface area contributed by atoms with Gasteiger partial charge in [0.15, 0.2) is 4.96 Å². The summed E-state index contributed by atoms with van der Waals surface area (Å²) in [4.78, 5) is 22.3. The molecule has 0 saturated carbocycles. The molecule has 3 heterocycles. The minimum atomic E-state index is -0.186. The lowest BCUT2D eigenvalue weighted by molar-refractivity contribution is 0.995. The van der Waals surface area contributed by atoms with Crippen LogP contribution in [-0.2, 0) is 6.54 Å². The van der Waals surface area contributed by atoms with Crippen molar-refractivity contribution in [2.45, 2.75) is 13.5 Å². The first-order chi connectivity index (χ1) is 10.2. The van der Waals surface area contributed by atoms with Gasteiger partial charge in [-0.15, -0.1) is 11.3 Å². The summed E-state index contributed by atoms with van der Waals surface area (Å²) in [6.07, 6.45) is 2.03. The Balaban J connectivity index is 1.64. The second-order valence-corrected chi connectivity index (χ2v) is 5.77. The normalized spacial score (nSPS) is 11.5. The molecule has 0 bridgehead atoms. The van der Waals surface area contributed by atoms with Crippen molar-refractivity contribution in [3.63, 3.8) is 0 Å². The number of rotatable bonds is 3. The van der Waals surface area contributed by atoms with E-state index in [1.807, 2.05) is 36.7 Å². The van der Waals surface area contributed by atoms with Gasteiger partial charge in [0.2, 0.25) is 0 Å². The fraction of sp³-hybridized carbons (Fsp3) is 0.143. The highest BCUT2D eigenvalue weighted by atomic mass is 32.1. The minimum Gasteiger partial charge on any atom is -0.379 e. The van der Waals surface area contributed by atoms with Crippen LogP contribution in [0, 0.1) is 6.92 Å². The first-order valence-electron chi connectivity index (χ1n) is 6.58. The van der Waals surface area contributed by atoms with Gasteiger partial charge in [0.05, 0.1) is 29.0 Å². The number of thiazole rings is 1. The molecule has 7 heteroatoms. The highest BCUT2D eigenvalue weighted by molar-refractivity contribution is 7.15. The number of H-pyrrole nitrogens is 2. The van der Waals surface area contributed by atoms with Crippen LogP contribution in [0.4, 0.5) is 5.69 Å². The fourth-order valence-corrected chi connectivity index (χ4v) is 3.26. The number of imidazole rings is 2. The van der Waals surface area contributed by atoms with E-state index in [9.17, 15) is 4.79 Å². The van der Waals surface area contributed by atoms with Crippen LogP contribution < -0.4 is 11.0 Å². The second-order valence-electron chi connectivity index (χ2n) is 4.89. The van der Waals surface area contributed by atoms with Crippen molar-refractivity contribution in [2.75, 3.05) is 5.32 Å². The zero-order valence-corrected chi connectivity index (χ0v) is 12.1. The zero-order chi connectivity index (χ0) is 14.4. The Kier molecular flexibility index (Phi) is 2.61. The lowest BCUT2D eigenvalue weighted by atomic mass is 10.2. The van der Waals surface area contributed by atoms with Gasteiger partial charge in [-0.25, -0.2) is 9.78 Å². The molecule has 3 N–H and O–H groups in total. The van der Waals surface area contributed by atoms with Crippen molar-refractivity contribution in [3.05, 3.63) is 51.6 Å². The number of aryl methyl sites for hydroxylation is 1. The third-order valence-electron chi connectivity index (χ3n) is 3.54. The van der Waals surface area contributed by atoms with E-state index in [4.69, 9.17) is 0 Å². The van der Waals surface area contributed by atoms with Crippen molar-refractivity contribution >= 4 is 33.0 Å². The molecule has 0 aliphatic carbocycles. The predicted molar refractivity (Wildman–Crippen MR) is 84.1 cm³/mol. The summed E-state index contributed by atoms with van der Waals surface area (Å²) in [7, 11) is 0. The Morgan fingerprint density at radius 3 is 3.10 bits per heavy atom. The van der Waals surface area contributed by atoms with Crippen LogP contribution in [-0.4, -0.2) is 19.4 Å². The van der Waals surface area contributed by atoms with E-state index in [1.165, 1.54) is 0 Å². The number of aromatic nitrogens is 4. The average molecular weight is 299 g/mol. The molecule has 0 radical (unpaired) electrons. The number of benzene rings is 1. The number of anilines is 1. The third-order valence-corrected chi connectivity index (χ3v) is 4.29. The van der Waals surface area contributed by atoms with Gasteiger partial charge in [0.25, 0.3) is 0 Å². The summed E-state index contributed by atoms with van der Waals surface area (Å²) < 4.78 is 2.10. The van der Waals surface area contributed by atoms with Crippen molar-refractivity contribution in [1.82, 2.24) is 19.4 Å². The SMILES string of the molecule is Cc1nc2sccn2c1CNc1ccc2[nH]c(=O)[nH]c2c1. The molecular formula is C14H13N5OS. The standard InChI is InChI=1S/C14H13N5OS/c1-8-12(19-4-5-21-14(19)16-8)7-15-9-2-3-10-11(6-9)18-13(20)17-10/h2-6,15H,7H2,1H3,(H2,17,18,20). The van der Waals surface area contributed by atoms with E-state index in [1.54, 1.807) is 11.3 Å². The molecule has 0 unspecified atom stereocenters. The number of aromatic amines is 2. The molecule has 0 spiro atoms. The Bertz CT molecular complexity index is 990. The zero-order valence-electron chi connectivity index (χ0n) is 11.3. The van der Waals surface area contributed by atoms with Crippen LogP contribution >= 0.6 is 11.3 Å². The highest BCUT2D eigenvalue weighted by Gasteiger charge is 2.09. The van der Waals surface area contributed by atoms with E-state index >= 15 is 0 Å². The van der Waals surface area contributed by atoms with Crippen LogP contribution in [0.5, 0.6) is 0 Å². The number of hydrogen-bond donors (Lipinski definition) is 3. The van der Waals surface area contributed by atoms with Gasteiger partial charge in [-0.05, 0) is 25.1 Å². The third kappa shape index (κ3) is 2.02. The maximum Gasteiger partial charge on any atom is 0.323 e. The molecule has 1 aromatic carbocycles. The monoisotopic (exact) mass is 299 g/mol. The largest absolute Gasteiger partial charge is 0.379 e. The van der Waals surface area contributed by atoms with Crippen LogP contribution in [0.1, 0.15) is 11.4 Å². The molecule has 0 aliphatic heterocycles. The number of hydrogen-bond acceptors (Lipinski definition) is 4. The topological polar surface area (TPSA) is 78.0 Å². The smallest absolute Gasteiger partial charge is 0.323 e. The van der Waals surface area contributed by atoms with Gasteiger partial charge < -0.3 is 15.3 Å². The van der Waals surface area contributed by atoms with Crippen LogP contribution in [0.2, 0.25) is 0 Å². The summed E-state index contributed by atoms with van der Waals surface area (Å²) in [5, 5.41) is 5.41. The van der Waals surface area contributed by atoms with Crippen molar-refractivity contribution < 1.29 is 0 Å². The van der Waals surface area contributed by atoms with Gasteiger partial charge in [-0.1, -0.05) is 0 Å². The number of nitrogens with one attached hydrogen (secondary N) is 3. The lowest BCUT2D eigenvalue weighted by Crippen LogP contribution is -2.03. The molecule has 106 valence electrons. The van der Waals surface area contributed by atoms with Crippen molar-refractivity contribution in [3.8, 4) is 0 Å². The van der Waals surface area contributed by atoms with E-state index in [-0.39, 0.29) is 5.69 Å². The summed E-state index contributed by atoms with van der Waals surface area (Å²) in [6, 6.07) is 5.76. The number of fused-ring (bicyclic) bond motifs is 2. The second kappa shape index (κ2) is 4.49. The van der Waals surface area contributed by atoms with Gasteiger partial charge >= 0.3 is 5.69 Å². The maximum atomic E-state index is 11.3. The van der Waals surface area contributed by atoms with E-state index in [0.29, 0.717) is 6.54 Å². The molecule has 0 amide bonds. The molecule has 4 aromatic rings. The van der Waals surface area contributed by atoms with Gasteiger partial charge in [0, 0.05) is 17.3 Å². The summed E-state index contributed by atoms with van der Waals surface area (Å²) in [5.74, 6) is 0. The van der Waals surface area contributed by atoms with Crippen LogP contribution in [0.3, 0.4) is 0 Å². The number of nitrogens with zero attached hydrogens (tertiary/aromatic N) is 2. The van der Waals surface area contributed by atoms with Crippen molar-refractivity contribution in [2.24, 2.45) is 0 Å². The summed E-state index contributed by atoms with van der Waals surface area (Å²) in [5.41, 5.74) is 4.57. The molecule has 0 aliphatic rings. The molecule has 6 nitrogen and oxygen atoms in total. The van der Waals surface area contributed by atoms with E-state index in [2.05, 4.69) is 24.7 Å².